The SMILES string of the molecule is CCCC(C)NC(=O)c1ccnn1C1CCOCC1. The van der Waals surface area contributed by atoms with Crippen LogP contribution in [0.25, 0.3) is 0 Å². The smallest absolute Gasteiger partial charge is 0.269 e. The van der Waals surface area contributed by atoms with Gasteiger partial charge in [-0.05, 0) is 32.3 Å². The fraction of sp³-hybridized carbons (Fsp3) is 0.714. The van der Waals surface area contributed by atoms with Gasteiger partial charge < -0.3 is 10.1 Å². The van der Waals surface area contributed by atoms with Gasteiger partial charge in [-0.1, -0.05) is 13.3 Å². The first-order valence-corrected chi connectivity index (χ1v) is 7.14. The number of aromatic nitrogens is 2. The molecular weight excluding hydrogens is 242 g/mol. The summed E-state index contributed by atoms with van der Waals surface area (Å²) in [6, 6.07) is 2.28. The lowest BCUT2D eigenvalue weighted by Gasteiger charge is -2.24. The highest BCUT2D eigenvalue weighted by atomic mass is 16.5. The van der Waals surface area contributed by atoms with Crippen LogP contribution in [0.3, 0.4) is 0 Å². The van der Waals surface area contributed by atoms with Gasteiger partial charge in [0.25, 0.3) is 5.91 Å². The Morgan fingerprint density at radius 2 is 2.32 bits per heavy atom. The minimum Gasteiger partial charge on any atom is -0.381 e. The highest BCUT2D eigenvalue weighted by molar-refractivity contribution is 5.92. The van der Waals surface area contributed by atoms with E-state index in [4.69, 9.17) is 4.74 Å². The molecule has 1 saturated heterocycles. The molecular formula is C14H23N3O2. The lowest BCUT2D eigenvalue weighted by molar-refractivity contribution is 0.0640. The third kappa shape index (κ3) is 3.56. The van der Waals surface area contributed by atoms with E-state index in [0.29, 0.717) is 5.69 Å². The first-order valence-electron chi connectivity index (χ1n) is 7.14. The molecule has 2 rings (SSSR count). The molecule has 1 aromatic rings. The zero-order valence-electron chi connectivity index (χ0n) is 11.8. The van der Waals surface area contributed by atoms with E-state index in [9.17, 15) is 4.79 Å². The molecule has 0 radical (unpaired) electrons. The van der Waals surface area contributed by atoms with Gasteiger partial charge in [0, 0.05) is 25.5 Å². The Bertz CT molecular complexity index is 411. The van der Waals surface area contributed by atoms with Crippen molar-refractivity contribution in [2.24, 2.45) is 0 Å². The summed E-state index contributed by atoms with van der Waals surface area (Å²) in [6.45, 7) is 5.65. The third-order valence-corrected chi connectivity index (χ3v) is 3.54. The summed E-state index contributed by atoms with van der Waals surface area (Å²) < 4.78 is 7.21. The molecule has 1 fully saturated rings. The number of nitrogens with zero attached hydrogens (tertiary/aromatic N) is 2. The van der Waals surface area contributed by atoms with Gasteiger partial charge in [-0.3, -0.25) is 9.48 Å². The number of nitrogens with one attached hydrogen (secondary N) is 1. The van der Waals surface area contributed by atoms with Crippen molar-refractivity contribution in [2.45, 2.75) is 51.6 Å². The van der Waals surface area contributed by atoms with Gasteiger partial charge in [0.2, 0.25) is 0 Å². The second kappa shape index (κ2) is 6.70. The summed E-state index contributed by atoms with van der Waals surface area (Å²) in [5, 5.41) is 7.35. The first-order chi connectivity index (χ1) is 9.22. The van der Waals surface area contributed by atoms with E-state index in [1.807, 2.05) is 11.6 Å². The van der Waals surface area contributed by atoms with E-state index < -0.39 is 0 Å². The van der Waals surface area contributed by atoms with Crippen LogP contribution in [0.15, 0.2) is 12.3 Å². The average molecular weight is 265 g/mol. The van der Waals surface area contributed by atoms with Crippen LogP contribution in [0.4, 0.5) is 0 Å². The molecule has 0 spiro atoms. The fourth-order valence-corrected chi connectivity index (χ4v) is 2.52. The number of hydrogen-bond acceptors (Lipinski definition) is 3. The summed E-state index contributed by atoms with van der Waals surface area (Å²) in [4.78, 5) is 12.3. The summed E-state index contributed by atoms with van der Waals surface area (Å²) in [7, 11) is 0. The maximum absolute atomic E-state index is 12.3. The zero-order valence-corrected chi connectivity index (χ0v) is 11.8. The predicted octanol–water partition coefficient (Wildman–Crippen LogP) is 2.15. The second-order valence-corrected chi connectivity index (χ2v) is 5.17. The highest BCUT2D eigenvalue weighted by Crippen LogP contribution is 2.21. The molecule has 0 saturated carbocycles. The number of ether oxygens (including phenoxy) is 1. The van der Waals surface area contributed by atoms with Crippen LogP contribution in [0.5, 0.6) is 0 Å². The number of carbonyl (C=O) groups excluding carboxylic acids is 1. The monoisotopic (exact) mass is 265 g/mol. The molecule has 0 bridgehead atoms. The zero-order chi connectivity index (χ0) is 13.7. The minimum atomic E-state index is -0.0232. The Balaban J connectivity index is 2.03. The number of hydrogen-bond donors (Lipinski definition) is 1. The highest BCUT2D eigenvalue weighted by Gasteiger charge is 2.22. The fourth-order valence-electron chi connectivity index (χ4n) is 2.52. The normalized spacial score (nSPS) is 18.2. The van der Waals surface area contributed by atoms with Crippen LogP contribution in [-0.4, -0.2) is 34.9 Å². The summed E-state index contributed by atoms with van der Waals surface area (Å²) in [6.07, 6.45) is 5.62. The van der Waals surface area contributed by atoms with E-state index in [-0.39, 0.29) is 18.0 Å². The molecule has 1 unspecified atom stereocenters. The Labute approximate surface area is 114 Å². The van der Waals surface area contributed by atoms with E-state index in [1.165, 1.54) is 0 Å². The molecule has 0 aliphatic carbocycles. The average Bonchev–Trinajstić information content (AvgIpc) is 2.89. The van der Waals surface area contributed by atoms with Crippen LogP contribution in [0.2, 0.25) is 0 Å². The molecule has 1 aromatic heterocycles. The lowest BCUT2D eigenvalue weighted by Crippen LogP contribution is -2.35. The van der Waals surface area contributed by atoms with Crippen LogP contribution in [0.1, 0.15) is 56.1 Å². The van der Waals surface area contributed by atoms with Crippen molar-refractivity contribution >= 4 is 5.91 Å². The van der Waals surface area contributed by atoms with Gasteiger partial charge in [0.05, 0.1) is 6.04 Å². The van der Waals surface area contributed by atoms with Gasteiger partial charge in [-0.15, -0.1) is 0 Å². The Morgan fingerprint density at radius 3 is 3.00 bits per heavy atom. The van der Waals surface area contributed by atoms with Crippen LogP contribution in [-0.2, 0) is 4.74 Å². The van der Waals surface area contributed by atoms with Crippen molar-refractivity contribution in [3.8, 4) is 0 Å². The van der Waals surface area contributed by atoms with Crippen LogP contribution in [0, 0.1) is 0 Å². The Kier molecular flexibility index (Phi) is 4.96. The molecule has 1 aliphatic rings. The molecule has 106 valence electrons. The number of carbonyl (C=O) groups is 1. The van der Waals surface area contributed by atoms with Crippen LogP contribution < -0.4 is 5.32 Å². The summed E-state index contributed by atoms with van der Waals surface area (Å²) in [5.74, 6) is -0.0232. The molecule has 1 N–H and O–H groups in total. The van der Waals surface area contributed by atoms with E-state index >= 15 is 0 Å². The summed E-state index contributed by atoms with van der Waals surface area (Å²) in [5.41, 5.74) is 0.662. The van der Waals surface area contributed by atoms with Gasteiger partial charge in [0.15, 0.2) is 0 Å². The molecule has 5 nitrogen and oxygen atoms in total. The standard InChI is InChI=1S/C14H23N3O2/c1-3-4-11(2)16-14(18)13-5-8-15-17(13)12-6-9-19-10-7-12/h5,8,11-12H,3-4,6-7,9-10H2,1-2H3,(H,16,18). The first kappa shape index (κ1) is 14.1. The van der Waals surface area contributed by atoms with E-state index in [0.717, 1.165) is 38.9 Å². The number of rotatable bonds is 5. The maximum atomic E-state index is 12.3. The lowest BCUT2D eigenvalue weighted by atomic mass is 10.1. The van der Waals surface area contributed by atoms with E-state index in [2.05, 4.69) is 17.3 Å². The summed E-state index contributed by atoms with van der Waals surface area (Å²) >= 11 is 0. The van der Waals surface area contributed by atoms with Crippen molar-refractivity contribution in [3.63, 3.8) is 0 Å². The van der Waals surface area contributed by atoms with Crippen LogP contribution >= 0.6 is 0 Å². The molecule has 19 heavy (non-hydrogen) atoms. The van der Waals surface area contributed by atoms with Crippen molar-refractivity contribution in [1.82, 2.24) is 15.1 Å². The molecule has 1 atom stereocenters. The van der Waals surface area contributed by atoms with Gasteiger partial charge in [-0.2, -0.15) is 5.10 Å². The van der Waals surface area contributed by atoms with Crippen molar-refractivity contribution in [3.05, 3.63) is 18.0 Å². The van der Waals surface area contributed by atoms with Crippen molar-refractivity contribution in [2.75, 3.05) is 13.2 Å². The molecule has 5 heteroatoms. The number of amides is 1. The minimum absolute atomic E-state index is 0.0232. The maximum Gasteiger partial charge on any atom is 0.269 e. The Hall–Kier alpha value is -1.36. The Morgan fingerprint density at radius 1 is 1.58 bits per heavy atom. The molecule has 1 amide bonds. The van der Waals surface area contributed by atoms with Gasteiger partial charge >= 0.3 is 0 Å². The molecule has 2 heterocycles. The van der Waals surface area contributed by atoms with Gasteiger partial charge in [0.1, 0.15) is 5.69 Å². The van der Waals surface area contributed by atoms with E-state index in [1.54, 1.807) is 12.3 Å². The molecule has 0 aromatic carbocycles. The quantitative estimate of drug-likeness (QED) is 0.887. The second-order valence-electron chi connectivity index (χ2n) is 5.17. The third-order valence-electron chi connectivity index (χ3n) is 3.54. The predicted molar refractivity (Wildman–Crippen MR) is 73.2 cm³/mol. The largest absolute Gasteiger partial charge is 0.381 e. The topological polar surface area (TPSA) is 56.2 Å². The molecule has 1 aliphatic heterocycles. The van der Waals surface area contributed by atoms with Crippen molar-refractivity contribution in [1.29, 1.82) is 0 Å². The van der Waals surface area contributed by atoms with Crippen molar-refractivity contribution < 1.29 is 9.53 Å². The van der Waals surface area contributed by atoms with Gasteiger partial charge in [-0.25, -0.2) is 0 Å².